The molecule has 16 heavy (non-hydrogen) atoms. The molecule has 0 unspecified atom stereocenters. The van der Waals surface area contributed by atoms with E-state index >= 15 is 0 Å². The molecule has 0 aliphatic heterocycles. The number of thiophene rings is 1. The van der Waals surface area contributed by atoms with Crippen LogP contribution in [0.1, 0.15) is 22.5 Å². The van der Waals surface area contributed by atoms with Crippen molar-refractivity contribution in [1.82, 2.24) is 5.32 Å². The third kappa shape index (κ3) is 1.99. The lowest BCUT2D eigenvalue weighted by Gasteiger charge is -2.14. The number of hydrogen-bond donors (Lipinski definition) is 1. The van der Waals surface area contributed by atoms with Crippen molar-refractivity contribution >= 4 is 39.1 Å². The summed E-state index contributed by atoms with van der Waals surface area (Å²) in [7, 11) is 1.33. The van der Waals surface area contributed by atoms with Gasteiger partial charge in [-0.15, -0.1) is 11.3 Å². The second-order valence-electron chi connectivity index (χ2n) is 3.63. The van der Waals surface area contributed by atoms with Gasteiger partial charge in [0.25, 0.3) is 5.91 Å². The van der Waals surface area contributed by atoms with Crippen molar-refractivity contribution in [3.63, 3.8) is 0 Å². The first-order valence-electron chi connectivity index (χ1n) is 4.73. The van der Waals surface area contributed by atoms with Crippen LogP contribution in [0.25, 0.3) is 0 Å². The number of carbonyl (C=O) groups is 2. The third-order valence-corrected chi connectivity index (χ3v) is 4.34. The maximum Gasteiger partial charge on any atom is 0.331 e. The minimum atomic E-state index is -0.782. The molecular weight excluding hydrogens is 294 g/mol. The van der Waals surface area contributed by atoms with E-state index in [4.69, 9.17) is 0 Å². The van der Waals surface area contributed by atoms with Gasteiger partial charge in [-0.05, 0) is 40.2 Å². The Hall–Kier alpha value is -0.880. The van der Waals surface area contributed by atoms with E-state index in [1.165, 1.54) is 18.4 Å². The summed E-state index contributed by atoms with van der Waals surface area (Å²) in [6.07, 6.45) is 1.29. The van der Waals surface area contributed by atoms with E-state index in [-0.39, 0.29) is 11.9 Å². The number of carbonyl (C=O) groups excluding carboxylic acids is 2. The second-order valence-corrected chi connectivity index (χ2v) is 5.40. The topological polar surface area (TPSA) is 55.4 Å². The molecule has 4 nitrogen and oxygen atoms in total. The second kappa shape index (κ2) is 4.18. The highest BCUT2D eigenvalue weighted by Gasteiger charge is 2.52. The summed E-state index contributed by atoms with van der Waals surface area (Å²) in [5, 5.41) is 4.54. The highest BCUT2D eigenvalue weighted by atomic mass is 79.9. The highest BCUT2D eigenvalue weighted by molar-refractivity contribution is 9.10. The predicted octanol–water partition coefficient (Wildman–Crippen LogP) is 1.95. The molecule has 0 radical (unpaired) electrons. The Morgan fingerprint density at radius 3 is 2.69 bits per heavy atom. The molecule has 1 aliphatic carbocycles. The van der Waals surface area contributed by atoms with Crippen LogP contribution in [0.4, 0.5) is 0 Å². The zero-order chi connectivity index (χ0) is 11.8. The number of nitrogens with one attached hydrogen (secondary N) is 1. The van der Waals surface area contributed by atoms with Gasteiger partial charge < -0.3 is 10.1 Å². The smallest absolute Gasteiger partial charge is 0.331 e. The standard InChI is InChI=1S/C10H10BrNO3S/c1-15-9(14)10(3-4-10)12-8(13)7-6(11)2-5-16-7/h2,5H,3-4H2,1H3,(H,12,13). The summed E-state index contributed by atoms with van der Waals surface area (Å²) in [5.41, 5.74) is -0.782. The molecular formula is C10H10BrNO3S. The van der Waals surface area contributed by atoms with Crippen LogP contribution in [0.3, 0.4) is 0 Å². The monoisotopic (exact) mass is 303 g/mol. The van der Waals surface area contributed by atoms with Crippen LogP contribution in [0, 0.1) is 0 Å². The lowest BCUT2D eigenvalue weighted by molar-refractivity contribution is -0.144. The molecule has 86 valence electrons. The predicted molar refractivity (Wildman–Crippen MR) is 63.5 cm³/mol. The SMILES string of the molecule is COC(=O)C1(NC(=O)c2sccc2Br)CC1. The van der Waals surface area contributed by atoms with Gasteiger partial charge in [0.05, 0.1) is 7.11 Å². The molecule has 1 saturated carbocycles. The number of halogens is 1. The first kappa shape index (κ1) is 11.6. The van der Waals surface area contributed by atoms with Gasteiger partial charge in [0.2, 0.25) is 0 Å². The van der Waals surface area contributed by atoms with Gasteiger partial charge in [-0.3, -0.25) is 4.79 Å². The van der Waals surface area contributed by atoms with E-state index in [1.54, 1.807) is 6.07 Å². The van der Waals surface area contributed by atoms with Gasteiger partial charge in [-0.1, -0.05) is 0 Å². The number of rotatable bonds is 3. The number of hydrogen-bond acceptors (Lipinski definition) is 4. The van der Waals surface area contributed by atoms with Crippen LogP contribution < -0.4 is 5.32 Å². The van der Waals surface area contributed by atoms with E-state index in [0.29, 0.717) is 17.7 Å². The van der Waals surface area contributed by atoms with Crippen molar-refractivity contribution in [3.8, 4) is 0 Å². The number of ether oxygens (including phenoxy) is 1. The normalized spacial score (nSPS) is 16.6. The summed E-state index contributed by atoms with van der Waals surface area (Å²) in [5.74, 6) is -0.599. The molecule has 1 aromatic heterocycles. The summed E-state index contributed by atoms with van der Waals surface area (Å²) in [4.78, 5) is 23.9. The average molecular weight is 304 g/mol. The van der Waals surface area contributed by atoms with Gasteiger partial charge in [-0.25, -0.2) is 4.79 Å². The molecule has 0 atom stereocenters. The van der Waals surface area contributed by atoms with Crippen LogP contribution >= 0.6 is 27.3 Å². The lowest BCUT2D eigenvalue weighted by atomic mass is 10.2. The van der Waals surface area contributed by atoms with Crippen LogP contribution in [-0.4, -0.2) is 24.5 Å². The maximum atomic E-state index is 11.9. The van der Waals surface area contributed by atoms with Gasteiger partial charge >= 0.3 is 5.97 Å². The van der Waals surface area contributed by atoms with Crippen molar-refractivity contribution in [2.45, 2.75) is 18.4 Å². The minimum absolute atomic E-state index is 0.232. The lowest BCUT2D eigenvalue weighted by Crippen LogP contribution is -2.43. The first-order valence-corrected chi connectivity index (χ1v) is 6.40. The minimum Gasteiger partial charge on any atom is -0.467 e. The molecule has 1 aliphatic rings. The summed E-state index contributed by atoms with van der Waals surface area (Å²) in [6, 6.07) is 1.80. The average Bonchev–Trinajstić information content (AvgIpc) is 2.91. The first-order chi connectivity index (χ1) is 7.59. The Labute approximate surface area is 105 Å². The molecule has 1 amide bonds. The molecule has 1 aromatic rings. The van der Waals surface area contributed by atoms with Crippen LogP contribution in [0.15, 0.2) is 15.9 Å². The molecule has 1 heterocycles. The largest absolute Gasteiger partial charge is 0.467 e. The summed E-state index contributed by atoms with van der Waals surface area (Å²) < 4.78 is 5.41. The van der Waals surface area contributed by atoms with Gasteiger partial charge in [0, 0.05) is 4.47 Å². The van der Waals surface area contributed by atoms with E-state index in [2.05, 4.69) is 26.0 Å². The fraction of sp³-hybridized carbons (Fsp3) is 0.400. The van der Waals surface area contributed by atoms with Gasteiger partial charge in [0.15, 0.2) is 0 Å². The Bertz CT molecular complexity index is 439. The molecule has 1 N–H and O–H groups in total. The molecule has 0 spiro atoms. The van der Waals surface area contributed by atoms with E-state index < -0.39 is 5.54 Å². The Morgan fingerprint density at radius 1 is 1.56 bits per heavy atom. The van der Waals surface area contributed by atoms with Crippen LogP contribution in [0.2, 0.25) is 0 Å². The Balaban J connectivity index is 2.09. The molecule has 6 heteroatoms. The van der Waals surface area contributed by atoms with Crippen molar-refractivity contribution in [2.24, 2.45) is 0 Å². The Morgan fingerprint density at radius 2 is 2.25 bits per heavy atom. The quantitative estimate of drug-likeness (QED) is 0.868. The van der Waals surface area contributed by atoms with Crippen LogP contribution in [0.5, 0.6) is 0 Å². The van der Waals surface area contributed by atoms with Crippen LogP contribution in [-0.2, 0) is 9.53 Å². The van der Waals surface area contributed by atoms with Gasteiger partial charge in [0.1, 0.15) is 10.4 Å². The fourth-order valence-electron chi connectivity index (χ4n) is 1.43. The van der Waals surface area contributed by atoms with Crippen molar-refractivity contribution < 1.29 is 14.3 Å². The molecule has 0 aromatic carbocycles. The van der Waals surface area contributed by atoms with E-state index in [1.807, 2.05) is 5.38 Å². The fourth-order valence-corrected chi connectivity index (χ4v) is 2.88. The summed E-state index contributed by atoms with van der Waals surface area (Å²) in [6.45, 7) is 0. The van der Waals surface area contributed by atoms with Crippen molar-refractivity contribution in [2.75, 3.05) is 7.11 Å². The molecule has 0 saturated heterocycles. The third-order valence-electron chi connectivity index (χ3n) is 2.50. The molecule has 2 rings (SSSR count). The molecule has 0 bridgehead atoms. The van der Waals surface area contributed by atoms with Crippen molar-refractivity contribution in [3.05, 3.63) is 20.8 Å². The van der Waals surface area contributed by atoms with Gasteiger partial charge in [-0.2, -0.15) is 0 Å². The molecule has 1 fully saturated rings. The number of amides is 1. The number of methoxy groups -OCH3 is 1. The number of esters is 1. The zero-order valence-electron chi connectivity index (χ0n) is 8.58. The van der Waals surface area contributed by atoms with Crippen molar-refractivity contribution in [1.29, 1.82) is 0 Å². The summed E-state index contributed by atoms with van der Waals surface area (Å²) >= 11 is 4.62. The maximum absolute atomic E-state index is 11.9. The van der Waals surface area contributed by atoms with E-state index in [9.17, 15) is 9.59 Å². The highest BCUT2D eigenvalue weighted by Crippen LogP contribution is 2.37. The van der Waals surface area contributed by atoms with E-state index in [0.717, 1.165) is 4.47 Å². The zero-order valence-corrected chi connectivity index (χ0v) is 11.0. The Kier molecular flexibility index (Phi) is 3.03.